The zero-order chi connectivity index (χ0) is 15.8. The molecule has 1 rings (SSSR count). The fraction of sp³-hybridized carbons (Fsp3) is 0.455. The molecule has 1 aromatic carbocycles. The maximum atomic E-state index is 11.3. The van der Waals surface area contributed by atoms with Gasteiger partial charge in [0.05, 0.1) is 18.1 Å². The number of benzene rings is 1. The molecule has 0 saturated heterocycles. The predicted molar refractivity (Wildman–Crippen MR) is 73.7 cm³/mol. The maximum absolute atomic E-state index is 11.3. The van der Waals surface area contributed by atoms with Crippen molar-refractivity contribution in [3.8, 4) is 0 Å². The number of aryl methyl sites for hydroxylation is 1. The Morgan fingerprint density at radius 1 is 1.10 bits per heavy atom. The van der Waals surface area contributed by atoms with Crippen LogP contribution < -0.4 is 0 Å². The number of phosphoric ester groups is 1. The SMILES string of the molecule is CCOP(=O)(O)O.CCOS(=O)(=O)c1ccc(C)cc1. The monoisotopic (exact) mass is 326 g/mol. The highest BCUT2D eigenvalue weighted by Crippen LogP contribution is 2.34. The van der Waals surface area contributed by atoms with Gasteiger partial charge in [-0.15, -0.1) is 0 Å². The van der Waals surface area contributed by atoms with Gasteiger partial charge in [0.15, 0.2) is 0 Å². The Kier molecular flexibility index (Phi) is 8.19. The van der Waals surface area contributed by atoms with Crippen LogP contribution in [0.25, 0.3) is 0 Å². The third kappa shape index (κ3) is 8.42. The number of phosphoric acid groups is 1. The van der Waals surface area contributed by atoms with E-state index >= 15 is 0 Å². The lowest BCUT2D eigenvalue weighted by atomic mass is 10.2. The van der Waals surface area contributed by atoms with Gasteiger partial charge in [0.25, 0.3) is 10.1 Å². The van der Waals surface area contributed by atoms with Gasteiger partial charge in [-0.2, -0.15) is 8.42 Å². The predicted octanol–water partition coefficient (Wildman–Crippen LogP) is 1.84. The Balaban J connectivity index is 0.000000441. The Morgan fingerprint density at radius 2 is 1.60 bits per heavy atom. The number of hydrogen-bond acceptors (Lipinski definition) is 5. The fourth-order valence-corrected chi connectivity index (χ4v) is 2.35. The van der Waals surface area contributed by atoms with Crippen molar-refractivity contribution in [1.82, 2.24) is 0 Å². The topological polar surface area (TPSA) is 110 Å². The second kappa shape index (κ2) is 8.51. The third-order valence-corrected chi connectivity index (χ3v) is 3.87. The first-order valence-electron chi connectivity index (χ1n) is 5.78. The van der Waals surface area contributed by atoms with E-state index in [-0.39, 0.29) is 18.1 Å². The van der Waals surface area contributed by atoms with Crippen molar-refractivity contribution < 1.29 is 31.5 Å². The summed E-state index contributed by atoms with van der Waals surface area (Å²) in [6.45, 7) is 5.27. The summed E-state index contributed by atoms with van der Waals surface area (Å²) in [7, 11) is -7.69. The summed E-state index contributed by atoms with van der Waals surface area (Å²) in [5.74, 6) is 0. The van der Waals surface area contributed by atoms with Crippen molar-refractivity contribution >= 4 is 17.9 Å². The van der Waals surface area contributed by atoms with E-state index in [1.807, 2.05) is 6.92 Å². The number of rotatable bonds is 5. The van der Waals surface area contributed by atoms with E-state index < -0.39 is 17.9 Å². The van der Waals surface area contributed by atoms with Gasteiger partial charge in [-0.05, 0) is 32.9 Å². The molecule has 0 aliphatic rings. The van der Waals surface area contributed by atoms with E-state index in [0.717, 1.165) is 5.56 Å². The smallest absolute Gasteiger partial charge is 0.303 e. The van der Waals surface area contributed by atoms with Gasteiger partial charge in [-0.3, -0.25) is 8.71 Å². The second-order valence-electron chi connectivity index (χ2n) is 3.58. The van der Waals surface area contributed by atoms with Crippen molar-refractivity contribution in [1.29, 1.82) is 0 Å². The van der Waals surface area contributed by atoms with Crippen LogP contribution in [0, 0.1) is 6.92 Å². The van der Waals surface area contributed by atoms with Crippen LogP contribution in [0.5, 0.6) is 0 Å². The molecule has 0 aliphatic carbocycles. The molecule has 0 aromatic heterocycles. The van der Waals surface area contributed by atoms with Crippen LogP contribution in [0.4, 0.5) is 0 Å². The van der Waals surface area contributed by atoms with Crippen LogP contribution >= 0.6 is 7.82 Å². The average molecular weight is 326 g/mol. The molecule has 0 aliphatic heterocycles. The molecule has 9 heteroatoms. The van der Waals surface area contributed by atoms with Gasteiger partial charge in [0.1, 0.15) is 0 Å². The molecule has 20 heavy (non-hydrogen) atoms. The molecule has 2 N–H and O–H groups in total. The zero-order valence-corrected chi connectivity index (χ0v) is 13.2. The Bertz CT molecular complexity index is 532. The highest BCUT2D eigenvalue weighted by atomic mass is 32.2. The first-order valence-corrected chi connectivity index (χ1v) is 8.72. The van der Waals surface area contributed by atoms with Gasteiger partial charge < -0.3 is 9.79 Å². The van der Waals surface area contributed by atoms with Gasteiger partial charge in [-0.1, -0.05) is 17.7 Å². The molecule has 0 fully saturated rings. The van der Waals surface area contributed by atoms with Gasteiger partial charge in [0, 0.05) is 0 Å². The quantitative estimate of drug-likeness (QED) is 0.627. The summed E-state index contributed by atoms with van der Waals surface area (Å²) in [6.07, 6.45) is 0. The first kappa shape index (κ1) is 19.2. The molecule has 0 spiro atoms. The highest BCUT2D eigenvalue weighted by molar-refractivity contribution is 7.86. The third-order valence-electron chi connectivity index (χ3n) is 1.88. The lowest BCUT2D eigenvalue weighted by molar-refractivity contribution is 0.206. The summed E-state index contributed by atoms with van der Waals surface area (Å²) in [5.41, 5.74) is 1.02. The normalized spacial score (nSPS) is 11.7. The van der Waals surface area contributed by atoms with Gasteiger partial charge in [0.2, 0.25) is 0 Å². The van der Waals surface area contributed by atoms with E-state index in [0.29, 0.717) is 0 Å². The summed E-state index contributed by atoms with van der Waals surface area (Å²) in [5, 5.41) is 0. The molecule has 0 atom stereocenters. The van der Waals surface area contributed by atoms with E-state index in [9.17, 15) is 13.0 Å². The summed E-state index contributed by atoms with van der Waals surface area (Å²) < 4.78 is 40.9. The highest BCUT2D eigenvalue weighted by Gasteiger charge is 2.12. The van der Waals surface area contributed by atoms with Crippen molar-refractivity contribution in [2.75, 3.05) is 13.2 Å². The molecule has 0 amide bonds. The average Bonchev–Trinajstić information content (AvgIpc) is 2.28. The largest absolute Gasteiger partial charge is 0.469 e. The van der Waals surface area contributed by atoms with E-state index in [4.69, 9.17) is 9.79 Å². The summed E-state index contributed by atoms with van der Waals surface area (Å²) >= 11 is 0. The zero-order valence-electron chi connectivity index (χ0n) is 11.5. The molecule has 0 radical (unpaired) electrons. The van der Waals surface area contributed by atoms with Crippen LogP contribution in [0.3, 0.4) is 0 Å². The lowest BCUT2D eigenvalue weighted by Crippen LogP contribution is -2.05. The Morgan fingerprint density at radius 3 is 1.90 bits per heavy atom. The molecule has 7 nitrogen and oxygen atoms in total. The van der Waals surface area contributed by atoms with Crippen LogP contribution in [-0.4, -0.2) is 31.4 Å². The molecule has 1 aromatic rings. The summed E-state index contributed by atoms with van der Waals surface area (Å²) in [6, 6.07) is 6.57. The summed E-state index contributed by atoms with van der Waals surface area (Å²) in [4.78, 5) is 16.0. The first-order chi connectivity index (χ1) is 9.12. The maximum Gasteiger partial charge on any atom is 0.469 e. The van der Waals surface area contributed by atoms with Crippen LogP contribution in [0.2, 0.25) is 0 Å². The Labute approximate surface area is 118 Å². The second-order valence-corrected chi connectivity index (χ2v) is 6.44. The minimum atomic E-state index is -4.17. The fourth-order valence-electron chi connectivity index (χ4n) is 1.10. The lowest BCUT2D eigenvalue weighted by Gasteiger charge is -2.02. The molecular weight excluding hydrogens is 307 g/mol. The van der Waals surface area contributed by atoms with Crippen LogP contribution in [0.15, 0.2) is 29.2 Å². The number of hydrogen-bond donors (Lipinski definition) is 2. The molecule has 0 bridgehead atoms. The van der Waals surface area contributed by atoms with Crippen molar-refractivity contribution in [3.63, 3.8) is 0 Å². The van der Waals surface area contributed by atoms with Crippen molar-refractivity contribution in [2.45, 2.75) is 25.7 Å². The van der Waals surface area contributed by atoms with Crippen LogP contribution in [0.1, 0.15) is 19.4 Å². The standard InChI is InChI=1S/C9H12O3S.C2H7O4P/c1-3-12-13(10,11)9-6-4-8(2)5-7-9;1-2-6-7(3,4)5/h4-7H,3H2,1-2H3;2H2,1H3,(H2,3,4,5). The molecule has 0 saturated carbocycles. The van der Waals surface area contributed by atoms with Crippen molar-refractivity contribution in [2.24, 2.45) is 0 Å². The van der Waals surface area contributed by atoms with Crippen LogP contribution in [-0.2, 0) is 23.4 Å². The van der Waals surface area contributed by atoms with E-state index in [2.05, 4.69) is 8.71 Å². The Hall–Kier alpha value is -0.760. The molecule has 0 heterocycles. The van der Waals surface area contributed by atoms with Crippen molar-refractivity contribution in [3.05, 3.63) is 29.8 Å². The minimum Gasteiger partial charge on any atom is -0.303 e. The van der Waals surface area contributed by atoms with Gasteiger partial charge in [-0.25, -0.2) is 4.57 Å². The van der Waals surface area contributed by atoms with E-state index in [1.165, 1.54) is 6.92 Å². The van der Waals surface area contributed by atoms with E-state index in [1.54, 1.807) is 31.2 Å². The molecule has 0 unspecified atom stereocenters. The molecule has 116 valence electrons. The molecular formula is C11H19O7PS. The van der Waals surface area contributed by atoms with Gasteiger partial charge >= 0.3 is 7.82 Å². The minimum absolute atomic E-state index is 0.0459.